The van der Waals surface area contributed by atoms with Crippen molar-refractivity contribution in [3.8, 4) is 0 Å². The van der Waals surface area contributed by atoms with Gasteiger partial charge in [-0.15, -0.1) is 0 Å². The largest absolute Gasteiger partial charge is 0.431 e. The smallest absolute Gasteiger partial charge is 0.341 e. The van der Waals surface area contributed by atoms with Crippen LogP contribution in [0.25, 0.3) is 0 Å². The number of alkyl halides is 3. The summed E-state index contributed by atoms with van der Waals surface area (Å²) in [4.78, 5) is 1.97. The molecule has 1 aromatic rings. The van der Waals surface area contributed by atoms with Crippen molar-refractivity contribution in [2.24, 2.45) is 0 Å². The Labute approximate surface area is 76.2 Å². The van der Waals surface area contributed by atoms with Gasteiger partial charge in [-0.25, -0.2) is 0 Å². The molecule has 0 spiro atoms. The lowest BCUT2D eigenvalue weighted by Crippen LogP contribution is -2.07. The van der Waals surface area contributed by atoms with Crippen LogP contribution in [0.5, 0.6) is 0 Å². The Morgan fingerprint density at radius 2 is 1.92 bits per heavy atom. The molecule has 0 aliphatic rings. The molecular formula is C6H3ClF3NS. The summed E-state index contributed by atoms with van der Waals surface area (Å²) in [5.41, 5.74) is -0.892. The van der Waals surface area contributed by atoms with Crippen LogP contribution in [0.2, 0.25) is 5.02 Å². The van der Waals surface area contributed by atoms with E-state index >= 15 is 0 Å². The number of aromatic nitrogens is 1. The van der Waals surface area contributed by atoms with Gasteiger partial charge < -0.3 is 4.98 Å². The molecule has 0 unspecified atom stereocenters. The molecule has 1 nitrogen and oxygen atoms in total. The lowest BCUT2D eigenvalue weighted by atomic mass is 10.3. The van der Waals surface area contributed by atoms with Gasteiger partial charge in [-0.2, -0.15) is 13.2 Å². The van der Waals surface area contributed by atoms with E-state index in [0.29, 0.717) is 0 Å². The van der Waals surface area contributed by atoms with Crippen molar-refractivity contribution >= 4 is 23.8 Å². The second-order valence-electron chi connectivity index (χ2n) is 2.05. The minimum atomic E-state index is -4.40. The average molecular weight is 214 g/mol. The molecule has 12 heavy (non-hydrogen) atoms. The van der Waals surface area contributed by atoms with Crippen LogP contribution in [0.15, 0.2) is 12.1 Å². The van der Waals surface area contributed by atoms with E-state index in [2.05, 4.69) is 12.2 Å². The summed E-state index contributed by atoms with van der Waals surface area (Å²) in [5, 5.41) is 0.109. The van der Waals surface area contributed by atoms with Crippen LogP contribution in [0.3, 0.4) is 0 Å². The number of rotatable bonds is 0. The van der Waals surface area contributed by atoms with E-state index in [1.165, 1.54) is 0 Å². The Bertz CT molecular complexity index is 343. The van der Waals surface area contributed by atoms with Crippen LogP contribution in [-0.4, -0.2) is 4.98 Å². The van der Waals surface area contributed by atoms with Crippen molar-refractivity contribution in [1.29, 1.82) is 0 Å². The fraction of sp³-hybridized carbons (Fsp3) is 0.167. The molecule has 0 aliphatic heterocycles. The Balaban J connectivity index is 3.23. The molecule has 0 amide bonds. The van der Waals surface area contributed by atoms with E-state index in [9.17, 15) is 13.2 Å². The van der Waals surface area contributed by atoms with Crippen LogP contribution in [0.1, 0.15) is 5.69 Å². The molecule has 1 aromatic heterocycles. The van der Waals surface area contributed by atoms with Gasteiger partial charge in [0.05, 0.1) is 5.02 Å². The van der Waals surface area contributed by atoms with E-state index in [4.69, 9.17) is 11.6 Å². The number of pyridine rings is 1. The summed E-state index contributed by atoms with van der Waals surface area (Å²) < 4.78 is 35.8. The Morgan fingerprint density at radius 1 is 1.33 bits per heavy atom. The fourth-order valence-electron chi connectivity index (χ4n) is 0.621. The first-order chi connectivity index (χ1) is 5.41. The number of H-pyrrole nitrogens is 1. The van der Waals surface area contributed by atoms with Crippen molar-refractivity contribution < 1.29 is 13.2 Å². The normalized spacial score (nSPS) is 11.7. The Kier molecular flexibility index (Phi) is 2.44. The molecular weight excluding hydrogens is 211 g/mol. The molecule has 1 N–H and O–H groups in total. The topological polar surface area (TPSA) is 15.8 Å². The quantitative estimate of drug-likeness (QED) is 0.653. The van der Waals surface area contributed by atoms with E-state index in [1.807, 2.05) is 4.98 Å². The molecule has 0 aromatic carbocycles. The molecule has 0 aliphatic carbocycles. The molecule has 66 valence electrons. The van der Waals surface area contributed by atoms with Crippen molar-refractivity contribution in [3.63, 3.8) is 0 Å². The predicted octanol–water partition coefficient (Wildman–Crippen LogP) is 3.42. The molecule has 0 atom stereocenters. The summed E-state index contributed by atoms with van der Waals surface area (Å²) in [7, 11) is 0. The van der Waals surface area contributed by atoms with Crippen molar-refractivity contribution in [3.05, 3.63) is 27.5 Å². The summed E-state index contributed by atoms with van der Waals surface area (Å²) in [6.45, 7) is 0. The maximum absolute atomic E-state index is 12.0. The fourth-order valence-corrected chi connectivity index (χ4v) is 0.909. The third kappa shape index (κ3) is 1.98. The van der Waals surface area contributed by atoms with E-state index in [-0.39, 0.29) is 9.66 Å². The van der Waals surface area contributed by atoms with Crippen molar-refractivity contribution in [2.75, 3.05) is 0 Å². The summed E-state index contributed by atoms with van der Waals surface area (Å²) in [6, 6.07) is 1.96. The highest BCUT2D eigenvalue weighted by molar-refractivity contribution is 7.71. The highest BCUT2D eigenvalue weighted by atomic mass is 35.5. The lowest BCUT2D eigenvalue weighted by molar-refractivity contribution is -0.141. The third-order valence-electron chi connectivity index (χ3n) is 1.17. The standard InChI is InChI=1S/C6H3ClF3NS/c7-3-1-2-4(6(8,9)10)11-5(3)12/h1-2H,(H,11,12). The second kappa shape index (κ2) is 3.06. The van der Waals surface area contributed by atoms with Gasteiger partial charge in [-0.1, -0.05) is 23.8 Å². The van der Waals surface area contributed by atoms with Crippen LogP contribution in [0, 0.1) is 4.64 Å². The summed E-state index contributed by atoms with van der Waals surface area (Å²) >= 11 is 9.95. The Morgan fingerprint density at radius 3 is 2.33 bits per heavy atom. The maximum Gasteiger partial charge on any atom is 0.431 e. The number of nitrogens with one attached hydrogen (secondary N) is 1. The average Bonchev–Trinajstić information content (AvgIpc) is 1.92. The zero-order valence-corrected chi connectivity index (χ0v) is 7.15. The first-order valence-corrected chi connectivity index (χ1v) is 3.66. The van der Waals surface area contributed by atoms with Gasteiger partial charge in [0, 0.05) is 0 Å². The molecule has 1 heterocycles. The van der Waals surface area contributed by atoms with E-state index < -0.39 is 11.9 Å². The van der Waals surface area contributed by atoms with Gasteiger partial charge in [0.1, 0.15) is 10.3 Å². The van der Waals surface area contributed by atoms with Crippen LogP contribution in [-0.2, 0) is 6.18 Å². The first kappa shape index (κ1) is 9.54. The second-order valence-corrected chi connectivity index (χ2v) is 2.86. The molecule has 0 saturated heterocycles. The molecule has 0 fully saturated rings. The van der Waals surface area contributed by atoms with Gasteiger partial charge >= 0.3 is 6.18 Å². The zero-order valence-electron chi connectivity index (χ0n) is 5.57. The van der Waals surface area contributed by atoms with Gasteiger partial charge in [-0.05, 0) is 12.1 Å². The number of aromatic amines is 1. The SMILES string of the molecule is FC(F)(F)c1ccc(Cl)c(=S)[nH]1. The molecule has 0 radical (unpaired) electrons. The molecule has 6 heteroatoms. The van der Waals surface area contributed by atoms with Crippen molar-refractivity contribution in [2.45, 2.75) is 6.18 Å². The summed E-state index contributed by atoms with van der Waals surface area (Å²) in [5.74, 6) is 0. The van der Waals surface area contributed by atoms with Crippen LogP contribution in [0.4, 0.5) is 13.2 Å². The lowest BCUT2D eigenvalue weighted by Gasteiger charge is -2.05. The molecule has 0 saturated carbocycles. The number of halogens is 4. The van der Waals surface area contributed by atoms with Gasteiger partial charge in [-0.3, -0.25) is 0 Å². The zero-order chi connectivity index (χ0) is 9.35. The first-order valence-electron chi connectivity index (χ1n) is 2.87. The minimum absolute atomic E-state index is 0.105. The van der Waals surface area contributed by atoms with Crippen molar-refractivity contribution in [1.82, 2.24) is 4.98 Å². The summed E-state index contributed by atoms with van der Waals surface area (Å²) in [6.07, 6.45) is -4.40. The monoisotopic (exact) mass is 213 g/mol. The number of hydrogen-bond donors (Lipinski definition) is 1. The maximum atomic E-state index is 12.0. The van der Waals surface area contributed by atoms with Gasteiger partial charge in [0.15, 0.2) is 0 Å². The highest BCUT2D eigenvalue weighted by Crippen LogP contribution is 2.28. The van der Waals surface area contributed by atoms with Gasteiger partial charge in [0.25, 0.3) is 0 Å². The Hall–Kier alpha value is -0.550. The molecule has 1 rings (SSSR count). The van der Waals surface area contributed by atoms with Crippen LogP contribution >= 0.6 is 23.8 Å². The number of hydrogen-bond acceptors (Lipinski definition) is 1. The van der Waals surface area contributed by atoms with E-state index in [0.717, 1.165) is 12.1 Å². The molecule has 0 bridgehead atoms. The van der Waals surface area contributed by atoms with Crippen LogP contribution < -0.4 is 0 Å². The third-order valence-corrected chi connectivity index (χ3v) is 1.92. The van der Waals surface area contributed by atoms with E-state index in [1.54, 1.807) is 0 Å². The minimum Gasteiger partial charge on any atom is -0.341 e. The predicted molar refractivity (Wildman–Crippen MR) is 41.6 cm³/mol. The van der Waals surface area contributed by atoms with Gasteiger partial charge in [0.2, 0.25) is 0 Å². The highest BCUT2D eigenvalue weighted by Gasteiger charge is 2.31.